The third kappa shape index (κ3) is 3.16. The van der Waals surface area contributed by atoms with Gasteiger partial charge in [0.2, 0.25) is 0 Å². The predicted octanol–water partition coefficient (Wildman–Crippen LogP) is 3.26. The molecule has 0 fully saturated rings. The van der Waals surface area contributed by atoms with Crippen LogP contribution in [0.15, 0.2) is 30.5 Å². The second-order valence-corrected chi connectivity index (χ2v) is 4.80. The van der Waals surface area contributed by atoms with Gasteiger partial charge in [-0.15, -0.1) is 0 Å². The number of carboxylic acids is 1. The summed E-state index contributed by atoms with van der Waals surface area (Å²) in [5.41, 5.74) is 7.91. The molecule has 0 unspecified atom stereocenters. The number of anilines is 1. The highest BCUT2D eigenvalue weighted by molar-refractivity contribution is 6.36. The summed E-state index contributed by atoms with van der Waals surface area (Å²) in [6.07, 6.45) is 1.34. The second-order valence-electron chi connectivity index (χ2n) is 3.95. The Kier molecular flexibility index (Phi) is 3.93. The van der Waals surface area contributed by atoms with Crippen LogP contribution in [0.1, 0.15) is 5.69 Å². The molecule has 2 rings (SSSR count). The Balaban J connectivity index is 2.41. The molecule has 0 aliphatic heterocycles. The van der Waals surface area contributed by atoms with Crippen LogP contribution in [0.25, 0.3) is 11.1 Å². The van der Waals surface area contributed by atoms with Gasteiger partial charge in [-0.1, -0.05) is 29.3 Å². The number of nitrogen functional groups attached to an aromatic ring is 1. The normalized spacial score (nSPS) is 10.4. The van der Waals surface area contributed by atoms with Crippen LogP contribution < -0.4 is 5.73 Å². The van der Waals surface area contributed by atoms with Crippen LogP contribution in [0.3, 0.4) is 0 Å². The minimum absolute atomic E-state index is 0.208. The third-order valence-corrected chi connectivity index (χ3v) is 3.11. The van der Waals surface area contributed by atoms with Crippen LogP contribution in [0.4, 0.5) is 5.69 Å². The fourth-order valence-corrected chi connectivity index (χ4v) is 2.19. The summed E-state index contributed by atoms with van der Waals surface area (Å²) in [6.45, 7) is 0. The first-order chi connectivity index (χ1) is 8.97. The molecule has 0 bridgehead atoms. The summed E-state index contributed by atoms with van der Waals surface area (Å²) in [5, 5.41) is 9.75. The number of nitrogens with zero attached hydrogens (tertiary/aromatic N) is 1. The number of halogens is 2. The third-order valence-electron chi connectivity index (χ3n) is 2.56. The molecule has 3 N–H and O–H groups in total. The molecule has 0 saturated heterocycles. The lowest BCUT2D eigenvalue weighted by molar-refractivity contribution is -0.136. The molecular formula is C13H10Cl2N2O2. The van der Waals surface area contributed by atoms with Gasteiger partial charge in [0.1, 0.15) is 0 Å². The first-order valence-electron chi connectivity index (χ1n) is 5.39. The molecule has 0 atom stereocenters. The number of hydrogen-bond acceptors (Lipinski definition) is 3. The summed E-state index contributed by atoms with van der Waals surface area (Å²) >= 11 is 11.9. The molecule has 19 heavy (non-hydrogen) atoms. The lowest BCUT2D eigenvalue weighted by Gasteiger charge is -2.08. The predicted molar refractivity (Wildman–Crippen MR) is 75.4 cm³/mol. The Morgan fingerprint density at radius 1 is 1.32 bits per heavy atom. The highest BCUT2D eigenvalue weighted by Crippen LogP contribution is 2.31. The van der Waals surface area contributed by atoms with E-state index < -0.39 is 5.97 Å². The van der Waals surface area contributed by atoms with Gasteiger partial charge in [-0.3, -0.25) is 9.78 Å². The number of aromatic nitrogens is 1. The van der Waals surface area contributed by atoms with Gasteiger partial charge in [0, 0.05) is 27.4 Å². The van der Waals surface area contributed by atoms with Crippen LogP contribution in [0, 0.1) is 0 Å². The van der Waals surface area contributed by atoms with Crippen LogP contribution in [0.5, 0.6) is 0 Å². The first kappa shape index (κ1) is 13.6. The van der Waals surface area contributed by atoms with E-state index >= 15 is 0 Å². The molecule has 1 heterocycles. The van der Waals surface area contributed by atoms with Gasteiger partial charge in [0.15, 0.2) is 0 Å². The van der Waals surface area contributed by atoms with Crippen molar-refractivity contribution >= 4 is 34.9 Å². The Hall–Kier alpha value is -1.78. The highest BCUT2D eigenvalue weighted by Gasteiger charge is 2.10. The van der Waals surface area contributed by atoms with Gasteiger partial charge in [0.25, 0.3) is 0 Å². The Labute approximate surface area is 119 Å². The second kappa shape index (κ2) is 5.47. The van der Waals surface area contributed by atoms with Gasteiger partial charge in [-0.2, -0.15) is 0 Å². The zero-order valence-corrected chi connectivity index (χ0v) is 11.2. The fraction of sp³-hybridized carbons (Fsp3) is 0.0769. The van der Waals surface area contributed by atoms with Crippen molar-refractivity contribution in [3.05, 3.63) is 46.2 Å². The maximum absolute atomic E-state index is 10.6. The molecule has 0 aliphatic carbocycles. The SMILES string of the molecule is Nc1cc(-c2ccc(Cl)cc2Cl)cnc1CC(=O)O. The van der Waals surface area contributed by atoms with E-state index in [0.717, 1.165) is 5.56 Å². The van der Waals surface area contributed by atoms with Gasteiger partial charge in [-0.25, -0.2) is 0 Å². The number of benzene rings is 1. The summed E-state index contributed by atoms with van der Waals surface area (Å²) < 4.78 is 0. The molecular weight excluding hydrogens is 287 g/mol. The molecule has 98 valence electrons. The maximum Gasteiger partial charge on any atom is 0.309 e. The van der Waals surface area contributed by atoms with Crippen molar-refractivity contribution in [3.8, 4) is 11.1 Å². The fourth-order valence-electron chi connectivity index (χ4n) is 1.67. The highest BCUT2D eigenvalue weighted by atomic mass is 35.5. The van der Waals surface area contributed by atoms with Crippen LogP contribution in [-0.4, -0.2) is 16.1 Å². The molecule has 0 spiro atoms. The summed E-state index contributed by atoms with van der Waals surface area (Å²) in [7, 11) is 0. The molecule has 0 radical (unpaired) electrons. The summed E-state index contributed by atoms with van der Waals surface area (Å²) in [6, 6.07) is 6.75. The monoisotopic (exact) mass is 296 g/mol. The molecule has 1 aromatic carbocycles. The number of nitrogens with two attached hydrogens (primary N) is 1. The molecule has 0 saturated carbocycles. The standard InChI is InChI=1S/C13H10Cl2N2O2/c14-8-1-2-9(10(15)4-8)7-3-11(16)12(17-6-7)5-13(18)19/h1-4,6H,5,16H2,(H,18,19). The van der Waals surface area contributed by atoms with Crippen molar-refractivity contribution in [2.45, 2.75) is 6.42 Å². The largest absolute Gasteiger partial charge is 0.481 e. The molecule has 0 aliphatic rings. The van der Waals surface area contributed by atoms with Crippen molar-refractivity contribution in [2.24, 2.45) is 0 Å². The van der Waals surface area contributed by atoms with Crippen LogP contribution in [-0.2, 0) is 11.2 Å². The van der Waals surface area contributed by atoms with Crippen molar-refractivity contribution < 1.29 is 9.90 Å². The lowest BCUT2D eigenvalue weighted by atomic mass is 10.1. The number of rotatable bonds is 3. The van der Waals surface area contributed by atoms with Crippen LogP contribution in [0.2, 0.25) is 10.0 Å². The number of aliphatic carboxylic acids is 1. The molecule has 0 amide bonds. The molecule has 4 nitrogen and oxygen atoms in total. The Morgan fingerprint density at radius 3 is 2.63 bits per heavy atom. The average molecular weight is 297 g/mol. The number of carbonyl (C=O) groups is 1. The van der Waals surface area contributed by atoms with E-state index in [-0.39, 0.29) is 6.42 Å². The minimum Gasteiger partial charge on any atom is -0.481 e. The zero-order valence-electron chi connectivity index (χ0n) is 9.73. The quantitative estimate of drug-likeness (QED) is 0.911. The lowest BCUT2D eigenvalue weighted by Crippen LogP contribution is -2.06. The van der Waals surface area contributed by atoms with Crippen LogP contribution >= 0.6 is 23.2 Å². The van der Waals surface area contributed by atoms with Crippen molar-refractivity contribution in [2.75, 3.05) is 5.73 Å². The van der Waals surface area contributed by atoms with Crippen molar-refractivity contribution in [1.29, 1.82) is 0 Å². The zero-order chi connectivity index (χ0) is 14.0. The molecule has 2 aromatic rings. The van der Waals surface area contributed by atoms with E-state index in [1.165, 1.54) is 0 Å². The van der Waals surface area contributed by atoms with Crippen molar-refractivity contribution in [1.82, 2.24) is 4.98 Å². The summed E-state index contributed by atoms with van der Waals surface area (Å²) in [5.74, 6) is -0.975. The van der Waals surface area contributed by atoms with Gasteiger partial charge >= 0.3 is 5.97 Å². The van der Waals surface area contributed by atoms with E-state index in [9.17, 15) is 4.79 Å². The van der Waals surface area contributed by atoms with E-state index in [1.54, 1.807) is 30.5 Å². The average Bonchev–Trinajstić information content (AvgIpc) is 2.31. The topological polar surface area (TPSA) is 76.2 Å². The van der Waals surface area contributed by atoms with E-state index in [1.807, 2.05) is 0 Å². The van der Waals surface area contributed by atoms with Gasteiger partial charge in [0.05, 0.1) is 17.8 Å². The maximum atomic E-state index is 10.6. The van der Waals surface area contributed by atoms with Gasteiger partial charge < -0.3 is 10.8 Å². The number of hydrogen-bond donors (Lipinski definition) is 2. The van der Waals surface area contributed by atoms with E-state index in [4.69, 9.17) is 34.0 Å². The van der Waals surface area contributed by atoms with E-state index in [2.05, 4.69) is 4.98 Å². The van der Waals surface area contributed by atoms with E-state index in [0.29, 0.717) is 27.0 Å². The van der Waals surface area contributed by atoms with Gasteiger partial charge in [-0.05, 0) is 18.2 Å². The smallest absolute Gasteiger partial charge is 0.309 e. The summed E-state index contributed by atoms with van der Waals surface area (Å²) in [4.78, 5) is 14.7. The minimum atomic E-state index is -0.975. The molecule has 1 aromatic heterocycles. The first-order valence-corrected chi connectivity index (χ1v) is 6.14. The molecule has 6 heteroatoms. The Bertz CT molecular complexity index is 645. The van der Waals surface area contributed by atoms with Crippen molar-refractivity contribution in [3.63, 3.8) is 0 Å². The number of pyridine rings is 1. The Morgan fingerprint density at radius 2 is 2.05 bits per heavy atom. The number of carboxylic acid groups (broad SMARTS) is 1.